The second-order valence-corrected chi connectivity index (χ2v) is 8.65. The van der Waals surface area contributed by atoms with Crippen LogP contribution in [0.5, 0.6) is 0 Å². The first-order valence-corrected chi connectivity index (χ1v) is 11.1. The van der Waals surface area contributed by atoms with E-state index in [9.17, 15) is 0 Å². The van der Waals surface area contributed by atoms with Crippen LogP contribution >= 0.6 is 0 Å². The van der Waals surface area contributed by atoms with E-state index in [4.69, 9.17) is 0 Å². The van der Waals surface area contributed by atoms with Crippen LogP contribution in [-0.4, -0.2) is 0 Å². The van der Waals surface area contributed by atoms with Gasteiger partial charge in [-0.3, -0.25) is 0 Å². The third kappa shape index (κ3) is 7.58. The van der Waals surface area contributed by atoms with E-state index in [2.05, 4.69) is 31.7 Å². The van der Waals surface area contributed by atoms with E-state index in [0.717, 1.165) is 23.7 Å². The SMILES string of the molecule is C=CC1CCC(C=CCCC2CCC(CCCCCC)CC2)CC1. The molecule has 2 aliphatic carbocycles. The lowest BCUT2D eigenvalue weighted by Gasteiger charge is -2.28. The molecular formula is C24H42. The predicted molar refractivity (Wildman–Crippen MR) is 108 cm³/mol. The van der Waals surface area contributed by atoms with Crippen molar-refractivity contribution in [1.29, 1.82) is 0 Å². The normalized spacial score (nSPS) is 31.4. The lowest BCUT2D eigenvalue weighted by atomic mass is 9.78. The Balaban J connectivity index is 1.50. The van der Waals surface area contributed by atoms with Crippen molar-refractivity contribution < 1.29 is 0 Å². The zero-order chi connectivity index (χ0) is 17.0. The van der Waals surface area contributed by atoms with Gasteiger partial charge >= 0.3 is 0 Å². The zero-order valence-electron chi connectivity index (χ0n) is 16.4. The fourth-order valence-corrected chi connectivity index (χ4v) is 4.86. The summed E-state index contributed by atoms with van der Waals surface area (Å²) in [5, 5.41) is 0. The van der Waals surface area contributed by atoms with Crippen molar-refractivity contribution in [3.8, 4) is 0 Å². The van der Waals surface area contributed by atoms with Crippen molar-refractivity contribution in [3.63, 3.8) is 0 Å². The molecule has 0 aromatic carbocycles. The molecule has 2 rings (SSSR count). The largest absolute Gasteiger partial charge is 0.103 e. The maximum absolute atomic E-state index is 3.95. The van der Waals surface area contributed by atoms with Gasteiger partial charge in [0.05, 0.1) is 0 Å². The van der Waals surface area contributed by atoms with Crippen molar-refractivity contribution in [3.05, 3.63) is 24.8 Å². The minimum atomic E-state index is 0.798. The summed E-state index contributed by atoms with van der Waals surface area (Å²) in [6.07, 6.45) is 28.8. The quantitative estimate of drug-likeness (QED) is 0.280. The Kier molecular flexibility index (Phi) is 9.85. The summed E-state index contributed by atoms with van der Waals surface area (Å²) in [5.74, 6) is 3.75. The third-order valence-corrected chi connectivity index (χ3v) is 6.73. The molecule has 2 saturated carbocycles. The first-order valence-electron chi connectivity index (χ1n) is 11.1. The van der Waals surface area contributed by atoms with Crippen LogP contribution in [0.2, 0.25) is 0 Å². The van der Waals surface area contributed by atoms with Crippen LogP contribution < -0.4 is 0 Å². The van der Waals surface area contributed by atoms with Crippen molar-refractivity contribution in [1.82, 2.24) is 0 Å². The summed E-state index contributed by atoms with van der Waals surface area (Å²) >= 11 is 0. The smallest absolute Gasteiger partial charge is 0.0233 e. The van der Waals surface area contributed by atoms with Gasteiger partial charge in [-0.15, -0.1) is 6.58 Å². The number of allylic oxidation sites excluding steroid dienone is 3. The highest BCUT2D eigenvalue weighted by Gasteiger charge is 2.20. The lowest BCUT2D eigenvalue weighted by molar-refractivity contribution is 0.249. The van der Waals surface area contributed by atoms with Crippen LogP contribution in [-0.2, 0) is 0 Å². The highest BCUT2D eigenvalue weighted by molar-refractivity contribution is 4.94. The average molecular weight is 331 g/mol. The topological polar surface area (TPSA) is 0 Å². The van der Waals surface area contributed by atoms with Crippen LogP contribution in [0.4, 0.5) is 0 Å². The molecule has 138 valence electrons. The summed E-state index contributed by atoms with van der Waals surface area (Å²) in [7, 11) is 0. The fourth-order valence-electron chi connectivity index (χ4n) is 4.86. The molecule has 0 amide bonds. The number of rotatable bonds is 10. The summed E-state index contributed by atoms with van der Waals surface area (Å²) in [4.78, 5) is 0. The summed E-state index contributed by atoms with van der Waals surface area (Å²) in [6, 6.07) is 0. The molecule has 0 aromatic rings. The molecule has 0 aliphatic heterocycles. The lowest BCUT2D eigenvalue weighted by Crippen LogP contribution is -2.14. The second-order valence-electron chi connectivity index (χ2n) is 8.65. The zero-order valence-corrected chi connectivity index (χ0v) is 16.4. The maximum atomic E-state index is 3.95. The molecule has 0 heteroatoms. The molecule has 2 fully saturated rings. The minimum Gasteiger partial charge on any atom is -0.103 e. The molecule has 0 heterocycles. The molecule has 0 unspecified atom stereocenters. The molecule has 0 atom stereocenters. The van der Waals surface area contributed by atoms with Crippen LogP contribution in [0.3, 0.4) is 0 Å². The first-order chi connectivity index (χ1) is 11.8. The highest BCUT2D eigenvalue weighted by Crippen LogP contribution is 2.35. The summed E-state index contributed by atoms with van der Waals surface area (Å²) in [5.41, 5.74) is 0. The monoisotopic (exact) mass is 330 g/mol. The van der Waals surface area contributed by atoms with E-state index in [0.29, 0.717) is 0 Å². The molecule has 0 spiro atoms. The number of hydrogen-bond donors (Lipinski definition) is 0. The van der Waals surface area contributed by atoms with Crippen molar-refractivity contribution in [2.75, 3.05) is 0 Å². The Morgan fingerprint density at radius 1 is 0.750 bits per heavy atom. The summed E-state index contributed by atoms with van der Waals surface area (Å²) in [6.45, 7) is 6.26. The van der Waals surface area contributed by atoms with E-state index >= 15 is 0 Å². The third-order valence-electron chi connectivity index (χ3n) is 6.73. The number of unbranched alkanes of at least 4 members (excludes halogenated alkanes) is 3. The number of hydrogen-bond acceptors (Lipinski definition) is 0. The van der Waals surface area contributed by atoms with Gasteiger partial charge in [0, 0.05) is 0 Å². The Morgan fingerprint density at radius 2 is 1.38 bits per heavy atom. The van der Waals surface area contributed by atoms with E-state index < -0.39 is 0 Å². The molecule has 2 aliphatic rings. The molecule has 0 nitrogen and oxygen atoms in total. The van der Waals surface area contributed by atoms with Crippen molar-refractivity contribution in [2.45, 2.75) is 103 Å². The summed E-state index contributed by atoms with van der Waals surface area (Å²) < 4.78 is 0. The van der Waals surface area contributed by atoms with Gasteiger partial charge in [-0.2, -0.15) is 0 Å². The maximum Gasteiger partial charge on any atom is -0.0233 e. The van der Waals surface area contributed by atoms with Gasteiger partial charge in [-0.05, 0) is 62.2 Å². The van der Waals surface area contributed by atoms with E-state index in [-0.39, 0.29) is 0 Å². The van der Waals surface area contributed by atoms with Crippen LogP contribution in [0.1, 0.15) is 103 Å². The van der Waals surface area contributed by atoms with Gasteiger partial charge in [0.25, 0.3) is 0 Å². The van der Waals surface area contributed by atoms with E-state index in [1.54, 1.807) is 0 Å². The van der Waals surface area contributed by atoms with Crippen molar-refractivity contribution >= 4 is 0 Å². The van der Waals surface area contributed by atoms with Gasteiger partial charge in [-0.25, -0.2) is 0 Å². The van der Waals surface area contributed by atoms with E-state index in [1.165, 1.54) is 96.3 Å². The molecule has 0 aromatic heterocycles. The molecule has 0 radical (unpaired) electrons. The molecule has 0 N–H and O–H groups in total. The Labute approximate surface area is 152 Å². The molecular weight excluding hydrogens is 288 g/mol. The van der Waals surface area contributed by atoms with Gasteiger partial charge in [0.1, 0.15) is 0 Å². The Hall–Kier alpha value is -0.520. The molecule has 24 heavy (non-hydrogen) atoms. The van der Waals surface area contributed by atoms with Crippen LogP contribution in [0, 0.1) is 23.7 Å². The Morgan fingerprint density at radius 3 is 2.00 bits per heavy atom. The van der Waals surface area contributed by atoms with Gasteiger partial charge in [-0.1, -0.05) is 82.9 Å². The van der Waals surface area contributed by atoms with Crippen molar-refractivity contribution in [2.24, 2.45) is 23.7 Å². The fraction of sp³-hybridized carbons (Fsp3) is 0.833. The predicted octanol–water partition coefficient (Wildman–Crippen LogP) is 8.09. The van der Waals surface area contributed by atoms with E-state index in [1.807, 2.05) is 0 Å². The van der Waals surface area contributed by atoms with Gasteiger partial charge in [0.2, 0.25) is 0 Å². The first kappa shape index (κ1) is 19.8. The second kappa shape index (κ2) is 11.9. The molecule has 0 bridgehead atoms. The average Bonchev–Trinajstić information content (AvgIpc) is 2.64. The molecule has 0 saturated heterocycles. The van der Waals surface area contributed by atoms with Gasteiger partial charge in [0.15, 0.2) is 0 Å². The highest BCUT2D eigenvalue weighted by atomic mass is 14.3. The minimum absolute atomic E-state index is 0.798. The standard InChI is InChI=1S/C24H42/c1-3-5-6-7-10-22-17-19-24(20-18-22)12-9-8-11-23-15-13-21(4-2)14-16-23/h4,8,11,21-24H,2-3,5-7,9-10,12-20H2,1H3. The van der Waals surface area contributed by atoms with Crippen LogP contribution in [0.15, 0.2) is 24.8 Å². The van der Waals surface area contributed by atoms with Gasteiger partial charge < -0.3 is 0 Å². The van der Waals surface area contributed by atoms with Crippen LogP contribution in [0.25, 0.3) is 0 Å². The Bertz CT molecular complexity index is 337.